The molecule has 3 aromatic carbocycles. The Labute approximate surface area is 245 Å². The fourth-order valence-electron chi connectivity index (χ4n) is 5.14. The molecule has 1 N–H and O–H groups in total. The number of Topliss-reactive ketones (excluding diaryl/α,β-unsaturated/α-hetero) is 1. The molecule has 0 unspecified atom stereocenters. The number of phenols is 1. The largest absolute Gasteiger partial charge is 0.502 e. The van der Waals surface area contributed by atoms with Gasteiger partial charge in [0.25, 0.3) is 5.78 Å². The van der Waals surface area contributed by atoms with Crippen LogP contribution in [0.25, 0.3) is 28.1 Å². The number of carbonyl (C=O) groups is 1. The second-order valence-electron chi connectivity index (χ2n) is 9.62. The molecule has 7 nitrogen and oxygen atoms in total. The number of nitrogens with zero attached hydrogens (tertiary/aromatic N) is 1. The van der Waals surface area contributed by atoms with Crippen molar-refractivity contribution in [3.8, 4) is 39.8 Å². The summed E-state index contributed by atoms with van der Waals surface area (Å²) in [4.78, 5) is 12.9. The van der Waals surface area contributed by atoms with Crippen molar-refractivity contribution >= 4 is 11.4 Å². The van der Waals surface area contributed by atoms with Gasteiger partial charge < -0.3 is 24.1 Å². The van der Waals surface area contributed by atoms with Gasteiger partial charge in [0.15, 0.2) is 23.0 Å². The van der Waals surface area contributed by atoms with Crippen molar-refractivity contribution in [3.63, 3.8) is 0 Å². The molecule has 0 atom stereocenters. The van der Waals surface area contributed by atoms with Gasteiger partial charge in [-0.1, -0.05) is 36.4 Å². The number of carbonyl (C=O) groups excluding carboxylic acids is 1. The average Bonchev–Trinajstić information content (AvgIpc) is 3.03. The van der Waals surface area contributed by atoms with Crippen molar-refractivity contribution in [3.05, 3.63) is 125 Å². The summed E-state index contributed by atoms with van der Waals surface area (Å²) in [7, 11) is 7.92. The maximum atomic E-state index is 12.9. The van der Waals surface area contributed by atoms with E-state index in [9.17, 15) is 9.90 Å². The first-order valence-corrected chi connectivity index (χ1v) is 13.3. The normalized spacial score (nSPS) is 12.8. The number of ether oxygens (including phenoxy) is 4. The van der Waals surface area contributed by atoms with Gasteiger partial charge >= 0.3 is 0 Å². The van der Waals surface area contributed by atoms with Crippen LogP contribution in [0.3, 0.4) is 0 Å². The predicted octanol–water partition coefficient (Wildman–Crippen LogP) is 6.01. The van der Waals surface area contributed by atoms with E-state index in [1.807, 2.05) is 43.4 Å². The van der Waals surface area contributed by atoms with E-state index in [2.05, 4.69) is 41.0 Å². The summed E-state index contributed by atoms with van der Waals surface area (Å²) in [6.45, 7) is 0. The molecule has 0 fully saturated rings. The molecule has 1 aliphatic rings. The molecule has 0 aliphatic heterocycles. The molecule has 0 saturated carbocycles. The smallest absolute Gasteiger partial charge is 0.261 e. The van der Waals surface area contributed by atoms with Crippen LogP contribution in [0.15, 0.2) is 114 Å². The van der Waals surface area contributed by atoms with Gasteiger partial charge in [0, 0.05) is 23.3 Å². The Morgan fingerprint density at radius 3 is 1.48 bits per heavy atom. The summed E-state index contributed by atoms with van der Waals surface area (Å²) >= 11 is 0. The minimum atomic E-state index is -0.349. The number of ketones is 1. The third-order valence-corrected chi connectivity index (χ3v) is 7.25. The number of rotatable bonds is 8. The van der Waals surface area contributed by atoms with Crippen molar-refractivity contribution in [2.45, 2.75) is 0 Å². The molecule has 1 aliphatic carbocycles. The van der Waals surface area contributed by atoms with Crippen molar-refractivity contribution in [1.29, 1.82) is 0 Å². The number of pyridine rings is 1. The first kappa shape index (κ1) is 28.2. The van der Waals surface area contributed by atoms with Crippen LogP contribution in [0.1, 0.15) is 11.1 Å². The van der Waals surface area contributed by atoms with Crippen LogP contribution in [0.4, 0.5) is 0 Å². The molecule has 4 aromatic rings. The number of methoxy groups -OCH3 is 4. The summed E-state index contributed by atoms with van der Waals surface area (Å²) < 4.78 is 24.1. The van der Waals surface area contributed by atoms with Gasteiger partial charge in [0.2, 0.25) is 17.1 Å². The van der Waals surface area contributed by atoms with Crippen molar-refractivity contribution in [1.82, 2.24) is 0 Å². The van der Waals surface area contributed by atoms with E-state index < -0.39 is 0 Å². The fraction of sp³-hybridized carbons (Fsp3) is 0.143. The Hall–Kier alpha value is -5.30. The molecular formula is C35H32NO6+. The van der Waals surface area contributed by atoms with Crippen molar-refractivity contribution in [2.75, 3.05) is 28.4 Å². The van der Waals surface area contributed by atoms with E-state index in [0.29, 0.717) is 11.1 Å². The summed E-state index contributed by atoms with van der Waals surface area (Å²) in [5, 5.41) is 10.7. The Balaban J connectivity index is 1.92. The highest BCUT2D eigenvalue weighted by Gasteiger charge is 2.27. The van der Waals surface area contributed by atoms with Crippen molar-refractivity contribution in [2.24, 2.45) is 7.05 Å². The number of hydrogen-bond acceptors (Lipinski definition) is 6. The third kappa shape index (κ3) is 5.24. The molecule has 0 spiro atoms. The van der Waals surface area contributed by atoms with E-state index in [0.717, 1.165) is 33.7 Å². The Morgan fingerprint density at radius 2 is 1.07 bits per heavy atom. The highest BCUT2D eigenvalue weighted by atomic mass is 16.5. The summed E-state index contributed by atoms with van der Waals surface area (Å²) in [6, 6.07) is 28.0. The number of aromatic nitrogens is 1. The van der Waals surface area contributed by atoms with Crippen LogP contribution in [0, 0.1) is 0 Å². The number of aromatic hydroxyl groups is 1. The molecule has 0 amide bonds. The first-order valence-electron chi connectivity index (χ1n) is 13.3. The van der Waals surface area contributed by atoms with Crippen LogP contribution >= 0.6 is 0 Å². The number of benzene rings is 3. The number of phenolic OH excluding ortho intramolecular Hbond substituents is 1. The van der Waals surface area contributed by atoms with Crippen LogP contribution in [0.5, 0.6) is 17.2 Å². The Bertz CT molecular complexity index is 1620. The second-order valence-corrected chi connectivity index (χ2v) is 9.62. The van der Waals surface area contributed by atoms with Gasteiger partial charge in [-0.05, 0) is 70.8 Å². The Kier molecular flexibility index (Phi) is 8.11. The highest BCUT2D eigenvalue weighted by Crippen LogP contribution is 2.43. The lowest BCUT2D eigenvalue weighted by molar-refractivity contribution is -0.649. The molecule has 0 bridgehead atoms. The predicted molar refractivity (Wildman–Crippen MR) is 161 cm³/mol. The van der Waals surface area contributed by atoms with Crippen LogP contribution in [-0.4, -0.2) is 39.3 Å². The molecule has 1 heterocycles. The minimum Gasteiger partial charge on any atom is -0.502 e. The molecule has 5 rings (SSSR count). The third-order valence-electron chi connectivity index (χ3n) is 7.25. The second kappa shape index (κ2) is 12.1. The summed E-state index contributed by atoms with van der Waals surface area (Å²) in [5.74, 6) is 0.324. The highest BCUT2D eigenvalue weighted by molar-refractivity contribution is 6.08. The maximum absolute atomic E-state index is 12.9. The molecule has 0 saturated heterocycles. The zero-order valence-corrected chi connectivity index (χ0v) is 24.2. The van der Waals surface area contributed by atoms with Gasteiger partial charge in [0.05, 0.1) is 28.4 Å². The van der Waals surface area contributed by atoms with Gasteiger partial charge in [-0.2, -0.15) is 4.57 Å². The average molecular weight is 563 g/mol. The lowest BCUT2D eigenvalue weighted by Gasteiger charge is -2.20. The molecule has 42 heavy (non-hydrogen) atoms. The zero-order valence-electron chi connectivity index (χ0n) is 24.2. The molecule has 212 valence electrons. The maximum Gasteiger partial charge on any atom is 0.261 e. The van der Waals surface area contributed by atoms with E-state index in [-0.39, 0.29) is 34.6 Å². The minimum absolute atomic E-state index is 0.109. The Morgan fingerprint density at radius 1 is 0.643 bits per heavy atom. The molecule has 7 heteroatoms. The van der Waals surface area contributed by atoms with E-state index in [4.69, 9.17) is 18.9 Å². The zero-order chi connectivity index (χ0) is 29.8. The lowest BCUT2D eigenvalue weighted by Crippen LogP contribution is -2.34. The molecule has 1 aromatic heterocycles. The van der Waals surface area contributed by atoms with Crippen LogP contribution in [-0.2, 0) is 21.3 Å². The quantitative estimate of drug-likeness (QED) is 0.265. The number of hydrogen-bond donors (Lipinski definition) is 1. The topological polar surface area (TPSA) is 78.1 Å². The molecular weight excluding hydrogens is 530 g/mol. The van der Waals surface area contributed by atoms with Gasteiger partial charge in [0.1, 0.15) is 7.05 Å². The standard InChI is InChI=1S/C35H31NO6/c1-36-27(22-12-8-6-9-13-22)16-24(17-28(36)23-14-10-7-11-15-23)33(25-18-29(39-2)34(37)30(19-25)40-3)26-20-31(41-4)35(38)32(21-26)42-5/h6-21H,1-5H3/p+1. The van der Waals surface area contributed by atoms with Gasteiger partial charge in [-0.25, -0.2) is 0 Å². The van der Waals surface area contributed by atoms with Gasteiger partial charge in [-0.15, -0.1) is 0 Å². The van der Waals surface area contributed by atoms with E-state index in [1.165, 1.54) is 28.4 Å². The molecule has 0 radical (unpaired) electrons. The monoisotopic (exact) mass is 562 g/mol. The van der Waals surface area contributed by atoms with E-state index >= 15 is 0 Å². The summed E-state index contributed by atoms with van der Waals surface area (Å²) in [5.41, 5.74) is 6.97. The fourth-order valence-corrected chi connectivity index (χ4v) is 5.14. The SMILES string of the molecule is COC1=CC(=C(c2cc(OC)c(O)c(OC)c2)c2cc(-c3ccccc3)[n+](C)c(-c3ccccc3)c2)C=C(OC)C1=O. The number of allylic oxidation sites excluding steroid dienone is 3. The first-order chi connectivity index (χ1) is 20.4. The lowest BCUT2D eigenvalue weighted by atomic mass is 9.88. The van der Waals surface area contributed by atoms with Crippen LogP contribution in [0.2, 0.25) is 0 Å². The van der Waals surface area contributed by atoms with Gasteiger partial charge in [-0.3, -0.25) is 4.79 Å². The van der Waals surface area contributed by atoms with Crippen molar-refractivity contribution < 1.29 is 33.4 Å². The van der Waals surface area contributed by atoms with E-state index in [1.54, 1.807) is 24.3 Å². The summed E-state index contributed by atoms with van der Waals surface area (Å²) in [6.07, 6.45) is 3.40. The van der Waals surface area contributed by atoms with Crippen LogP contribution < -0.4 is 14.0 Å².